The van der Waals surface area contributed by atoms with Crippen LogP contribution in [-0.2, 0) is 9.59 Å². The van der Waals surface area contributed by atoms with E-state index in [4.69, 9.17) is 0 Å². The normalized spacial score (nSPS) is 21.2. The van der Waals surface area contributed by atoms with Crippen LogP contribution in [0.25, 0.3) is 0 Å². The minimum atomic E-state index is -0.104. The molecule has 1 saturated heterocycles. The van der Waals surface area contributed by atoms with Gasteiger partial charge in [0.1, 0.15) is 0 Å². The van der Waals surface area contributed by atoms with E-state index in [1.165, 1.54) is 4.90 Å². The molecule has 4 nitrogen and oxygen atoms in total. The van der Waals surface area contributed by atoms with Gasteiger partial charge in [-0.15, -0.1) is 11.8 Å². The summed E-state index contributed by atoms with van der Waals surface area (Å²) in [4.78, 5) is 24.9. The molecule has 5 heteroatoms. The Labute approximate surface area is 101 Å². The molecular weight excluding hydrogens is 224 g/mol. The molecule has 1 heterocycles. The van der Waals surface area contributed by atoms with Crippen LogP contribution in [0.4, 0.5) is 0 Å². The molecule has 2 amide bonds. The molecule has 0 saturated carbocycles. The van der Waals surface area contributed by atoms with Gasteiger partial charge < -0.3 is 5.32 Å². The number of carbonyl (C=O) groups is 2. The summed E-state index contributed by atoms with van der Waals surface area (Å²) in [6.07, 6.45) is 2.40. The summed E-state index contributed by atoms with van der Waals surface area (Å²) in [5.41, 5.74) is 0. The molecule has 1 aliphatic rings. The van der Waals surface area contributed by atoms with Gasteiger partial charge in [0.2, 0.25) is 11.8 Å². The molecule has 0 aromatic rings. The highest BCUT2D eigenvalue weighted by Crippen LogP contribution is 2.25. The molecule has 1 fully saturated rings. The third-order valence-corrected chi connectivity index (χ3v) is 3.33. The summed E-state index contributed by atoms with van der Waals surface area (Å²) < 4.78 is 0. The Hall–Kier alpha value is -0.550. The van der Waals surface area contributed by atoms with E-state index in [1.54, 1.807) is 11.8 Å². The van der Waals surface area contributed by atoms with Gasteiger partial charge in [0, 0.05) is 31.3 Å². The van der Waals surface area contributed by atoms with Crippen molar-refractivity contribution in [2.75, 3.05) is 25.2 Å². The van der Waals surface area contributed by atoms with Crippen molar-refractivity contribution in [1.82, 2.24) is 10.2 Å². The van der Waals surface area contributed by atoms with Gasteiger partial charge in [-0.2, -0.15) is 0 Å². The van der Waals surface area contributed by atoms with Crippen molar-refractivity contribution in [3.05, 3.63) is 0 Å². The molecule has 16 heavy (non-hydrogen) atoms. The quantitative estimate of drug-likeness (QED) is 0.429. The Balaban J connectivity index is 2.42. The third-order valence-electron chi connectivity index (χ3n) is 2.84. The number of amides is 2. The van der Waals surface area contributed by atoms with Crippen molar-refractivity contribution in [1.29, 1.82) is 0 Å². The minimum Gasteiger partial charge on any atom is -0.306 e. The third kappa shape index (κ3) is 3.22. The van der Waals surface area contributed by atoms with Crippen LogP contribution >= 0.6 is 11.8 Å². The summed E-state index contributed by atoms with van der Waals surface area (Å²) in [7, 11) is 0. The number of rotatable bonds is 6. The molecule has 1 atom stereocenters. The molecular formula is C11H20N2O2S. The molecule has 1 unspecified atom stereocenters. The Morgan fingerprint density at radius 3 is 2.69 bits per heavy atom. The van der Waals surface area contributed by atoms with Crippen molar-refractivity contribution in [2.45, 2.75) is 20.3 Å². The van der Waals surface area contributed by atoms with Crippen LogP contribution in [-0.4, -0.2) is 41.9 Å². The van der Waals surface area contributed by atoms with Crippen molar-refractivity contribution in [3.63, 3.8) is 0 Å². The number of carbonyl (C=O) groups excluding carboxylic acids is 2. The maximum absolute atomic E-state index is 11.9. The second-order valence-electron chi connectivity index (χ2n) is 4.37. The lowest BCUT2D eigenvalue weighted by Crippen LogP contribution is -2.37. The van der Waals surface area contributed by atoms with Crippen LogP contribution in [0.3, 0.4) is 0 Å². The highest BCUT2D eigenvalue weighted by Gasteiger charge is 2.39. The fourth-order valence-corrected chi connectivity index (χ4v) is 2.18. The number of hydrogen-bond acceptors (Lipinski definition) is 4. The summed E-state index contributed by atoms with van der Waals surface area (Å²) in [6.45, 7) is 5.17. The summed E-state index contributed by atoms with van der Waals surface area (Å²) >= 11 is 1.69. The average molecular weight is 244 g/mol. The Morgan fingerprint density at radius 1 is 1.50 bits per heavy atom. The summed E-state index contributed by atoms with van der Waals surface area (Å²) in [5.74, 6) is 0.985. The van der Waals surface area contributed by atoms with E-state index in [9.17, 15) is 9.59 Å². The first-order chi connectivity index (χ1) is 7.57. The van der Waals surface area contributed by atoms with Crippen LogP contribution in [0.1, 0.15) is 20.3 Å². The molecule has 1 rings (SSSR count). The van der Waals surface area contributed by atoms with E-state index >= 15 is 0 Å². The molecule has 0 radical (unpaired) electrons. The van der Waals surface area contributed by atoms with Gasteiger partial charge >= 0.3 is 0 Å². The average Bonchev–Trinajstić information content (AvgIpc) is 2.51. The molecule has 0 aromatic carbocycles. The minimum absolute atomic E-state index is 0.00551. The van der Waals surface area contributed by atoms with E-state index in [0.29, 0.717) is 19.5 Å². The van der Waals surface area contributed by atoms with E-state index < -0.39 is 0 Å². The van der Waals surface area contributed by atoms with Gasteiger partial charge in [0.15, 0.2) is 0 Å². The van der Waals surface area contributed by atoms with Crippen LogP contribution in [0.15, 0.2) is 0 Å². The maximum atomic E-state index is 11.9. The maximum Gasteiger partial charge on any atom is 0.233 e. The summed E-state index contributed by atoms with van der Waals surface area (Å²) in [5, 5.41) is 3.16. The molecule has 0 spiro atoms. The first kappa shape index (κ1) is 13.5. The lowest BCUT2D eigenvalue weighted by molar-refractivity contribution is -0.139. The van der Waals surface area contributed by atoms with E-state index in [2.05, 4.69) is 5.32 Å². The van der Waals surface area contributed by atoms with Crippen molar-refractivity contribution >= 4 is 23.6 Å². The van der Waals surface area contributed by atoms with Crippen molar-refractivity contribution < 1.29 is 9.59 Å². The van der Waals surface area contributed by atoms with Crippen molar-refractivity contribution in [3.8, 4) is 0 Å². The van der Waals surface area contributed by atoms with Gasteiger partial charge in [-0.25, -0.2) is 0 Å². The SMILES string of the molecule is CSCNCCN1C(=O)CC(C(C)C)C1=O. The lowest BCUT2D eigenvalue weighted by Gasteiger charge is -2.16. The fourth-order valence-electron chi connectivity index (χ4n) is 1.83. The van der Waals surface area contributed by atoms with E-state index in [-0.39, 0.29) is 23.7 Å². The molecule has 0 aliphatic carbocycles. The fraction of sp³-hybridized carbons (Fsp3) is 0.818. The first-order valence-corrected chi connectivity index (χ1v) is 7.01. The van der Waals surface area contributed by atoms with Gasteiger partial charge in [-0.05, 0) is 12.2 Å². The zero-order chi connectivity index (χ0) is 12.1. The number of imide groups is 1. The number of thioether (sulfide) groups is 1. The monoisotopic (exact) mass is 244 g/mol. The number of nitrogens with zero attached hydrogens (tertiary/aromatic N) is 1. The standard InChI is InChI=1S/C11H20N2O2S/c1-8(2)9-6-10(14)13(11(9)15)5-4-12-7-16-3/h8-9,12H,4-7H2,1-3H3. The Kier molecular flexibility index (Phi) is 5.28. The zero-order valence-corrected chi connectivity index (χ0v) is 11.0. The second kappa shape index (κ2) is 6.25. The Bertz CT molecular complexity index is 269. The van der Waals surface area contributed by atoms with Crippen LogP contribution in [0, 0.1) is 11.8 Å². The first-order valence-electron chi connectivity index (χ1n) is 5.61. The number of hydrogen-bond donors (Lipinski definition) is 1. The van der Waals surface area contributed by atoms with Gasteiger partial charge in [0.05, 0.1) is 0 Å². The number of likely N-dealkylation sites (tertiary alicyclic amines) is 1. The molecule has 1 N–H and O–H groups in total. The second-order valence-corrected chi connectivity index (χ2v) is 5.24. The zero-order valence-electron chi connectivity index (χ0n) is 10.2. The molecule has 1 aliphatic heterocycles. The Morgan fingerprint density at radius 2 is 2.19 bits per heavy atom. The largest absolute Gasteiger partial charge is 0.306 e. The van der Waals surface area contributed by atoms with E-state index in [0.717, 1.165) is 5.88 Å². The van der Waals surface area contributed by atoms with Gasteiger partial charge in [0.25, 0.3) is 0 Å². The topological polar surface area (TPSA) is 49.4 Å². The van der Waals surface area contributed by atoms with Crippen molar-refractivity contribution in [2.24, 2.45) is 11.8 Å². The number of nitrogens with one attached hydrogen (secondary N) is 1. The highest BCUT2D eigenvalue weighted by molar-refractivity contribution is 7.98. The lowest BCUT2D eigenvalue weighted by atomic mass is 9.94. The molecule has 92 valence electrons. The van der Waals surface area contributed by atoms with E-state index in [1.807, 2.05) is 20.1 Å². The van der Waals surface area contributed by atoms with Crippen LogP contribution < -0.4 is 5.32 Å². The highest BCUT2D eigenvalue weighted by atomic mass is 32.2. The van der Waals surface area contributed by atoms with Gasteiger partial charge in [-0.1, -0.05) is 13.8 Å². The van der Waals surface area contributed by atoms with Crippen LogP contribution in [0.2, 0.25) is 0 Å². The smallest absolute Gasteiger partial charge is 0.233 e. The molecule has 0 bridgehead atoms. The van der Waals surface area contributed by atoms with Gasteiger partial charge in [-0.3, -0.25) is 14.5 Å². The summed E-state index contributed by atoms with van der Waals surface area (Å²) in [6, 6.07) is 0. The predicted molar refractivity (Wildman–Crippen MR) is 66.0 cm³/mol. The predicted octanol–water partition coefficient (Wildman–Crippen LogP) is 0.928. The van der Waals surface area contributed by atoms with Crippen LogP contribution in [0.5, 0.6) is 0 Å². The molecule has 0 aromatic heterocycles.